The lowest BCUT2D eigenvalue weighted by Crippen LogP contribution is -2.13. The molecule has 3 heteroatoms. The normalized spacial score (nSPS) is 16.7. The molecule has 0 aromatic heterocycles. The van der Waals surface area contributed by atoms with E-state index in [1.165, 1.54) is 62.5 Å². The summed E-state index contributed by atoms with van der Waals surface area (Å²) in [5.74, 6) is 0.901. The number of esters is 1. The Bertz CT molecular complexity index is 1330. The molecule has 1 aliphatic rings. The minimum absolute atomic E-state index is 0.120. The second-order valence-electron chi connectivity index (χ2n) is 12.6. The molecule has 0 radical (unpaired) electrons. The summed E-state index contributed by atoms with van der Waals surface area (Å²) >= 11 is 0. The van der Waals surface area contributed by atoms with E-state index in [2.05, 4.69) is 56.8 Å². The van der Waals surface area contributed by atoms with Crippen LogP contribution in [0.4, 0.5) is 4.39 Å². The number of unbranched alkanes of at least 4 members (excludes halogenated alkanes) is 3. The summed E-state index contributed by atoms with van der Waals surface area (Å²) in [5, 5.41) is 0. The van der Waals surface area contributed by atoms with Crippen LogP contribution in [0.5, 0.6) is 0 Å². The molecule has 4 rings (SSSR count). The molecular weight excluding hydrogens is 531 g/mol. The Hall–Kier alpha value is -3.20. The van der Waals surface area contributed by atoms with Crippen LogP contribution < -0.4 is 0 Å². The number of carbonyl (C=O) groups is 1. The van der Waals surface area contributed by atoms with E-state index in [4.69, 9.17) is 4.74 Å². The fourth-order valence-corrected chi connectivity index (χ4v) is 6.53. The molecule has 230 valence electrons. The van der Waals surface area contributed by atoms with Crippen LogP contribution in [0, 0.1) is 11.7 Å². The van der Waals surface area contributed by atoms with Gasteiger partial charge in [-0.25, -0.2) is 9.18 Å². The third-order valence-corrected chi connectivity index (χ3v) is 9.23. The lowest BCUT2D eigenvalue weighted by atomic mass is 9.77. The van der Waals surface area contributed by atoms with E-state index in [0.29, 0.717) is 23.7 Å². The summed E-state index contributed by atoms with van der Waals surface area (Å²) < 4.78 is 20.7. The summed E-state index contributed by atoms with van der Waals surface area (Å²) in [6.45, 7) is 10.2. The van der Waals surface area contributed by atoms with E-state index in [9.17, 15) is 4.79 Å². The van der Waals surface area contributed by atoms with Crippen molar-refractivity contribution >= 4 is 5.97 Å². The van der Waals surface area contributed by atoms with Crippen molar-refractivity contribution in [2.24, 2.45) is 5.92 Å². The Morgan fingerprint density at radius 1 is 0.791 bits per heavy atom. The average Bonchev–Trinajstić information content (AvgIpc) is 3.02. The van der Waals surface area contributed by atoms with E-state index >= 15 is 4.39 Å². The molecule has 0 saturated heterocycles. The zero-order valence-electron chi connectivity index (χ0n) is 26.7. The van der Waals surface area contributed by atoms with Gasteiger partial charge in [-0.15, -0.1) is 0 Å². The molecule has 3 aromatic rings. The highest BCUT2D eigenvalue weighted by molar-refractivity contribution is 5.86. The molecule has 0 heterocycles. The van der Waals surface area contributed by atoms with Gasteiger partial charge in [-0.3, -0.25) is 0 Å². The molecule has 43 heavy (non-hydrogen) atoms. The van der Waals surface area contributed by atoms with Crippen LogP contribution in [0.25, 0.3) is 22.3 Å². The summed E-state index contributed by atoms with van der Waals surface area (Å²) in [6.07, 6.45) is 15.3. The van der Waals surface area contributed by atoms with Crippen LogP contribution in [0.3, 0.4) is 0 Å². The minimum Gasteiger partial charge on any atom is -0.462 e. The maximum Gasteiger partial charge on any atom is 0.333 e. The van der Waals surface area contributed by atoms with Gasteiger partial charge < -0.3 is 4.74 Å². The Morgan fingerprint density at radius 2 is 1.47 bits per heavy atom. The van der Waals surface area contributed by atoms with Crippen LogP contribution in [-0.2, 0) is 22.4 Å². The van der Waals surface area contributed by atoms with E-state index in [1.807, 2.05) is 18.2 Å². The number of hydrogen-bond acceptors (Lipinski definition) is 2. The van der Waals surface area contributed by atoms with Crippen molar-refractivity contribution < 1.29 is 13.9 Å². The number of ether oxygens (including phenoxy) is 1. The van der Waals surface area contributed by atoms with Crippen molar-refractivity contribution in [2.75, 3.05) is 6.61 Å². The lowest BCUT2D eigenvalue weighted by molar-refractivity contribution is -0.139. The Kier molecular flexibility index (Phi) is 12.6. The molecule has 1 saturated carbocycles. The van der Waals surface area contributed by atoms with Crippen molar-refractivity contribution in [2.45, 2.75) is 110 Å². The number of carbonyl (C=O) groups excluding carboxylic acids is 1. The molecule has 0 bridgehead atoms. The first-order chi connectivity index (χ1) is 20.9. The standard InChI is InChI=1S/C40H51FO2/c1-5-7-9-11-30-14-16-32(17-15-30)37-24-25-38(39(41)28-37)34-21-18-33(19-22-34)36-23-20-31(12-8-6-2)35(27-36)13-10-26-43-40(42)29(3)4/h18-25,27-28,30,32H,3,5-17,26H2,1-2,4H3. The average molecular weight is 583 g/mol. The van der Waals surface area contributed by atoms with Gasteiger partial charge in [0.25, 0.3) is 0 Å². The molecule has 3 aromatic carbocycles. The molecule has 0 aliphatic heterocycles. The monoisotopic (exact) mass is 582 g/mol. The Morgan fingerprint density at radius 3 is 2.14 bits per heavy atom. The molecular formula is C40H51FO2. The number of benzene rings is 3. The van der Waals surface area contributed by atoms with Gasteiger partial charge in [0, 0.05) is 11.1 Å². The molecule has 2 nitrogen and oxygen atoms in total. The van der Waals surface area contributed by atoms with Crippen LogP contribution in [0.15, 0.2) is 72.8 Å². The molecule has 1 aliphatic carbocycles. The highest BCUT2D eigenvalue weighted by Crippen LogP contribution is 2.39. The molecule has 0 unspecified atom stereocenters. The predicted molar refractivity (Wildman–Crippen MR) is 179 cm³/mol. The zero-order valence-corrected chi connectivity index (χ0v) is 26.7. The summed E-state index contributed by atoms with van der Waals surface area (Å²) in [4.78, 5) is 11.7. The first kappa shape index (κ1) is 32.7. The van der Waals surface area contributed by atoms with E-state index in [1.54, 1.807) is 13.0 Å². The second kappa shape index (κ2) is 16.6. The minimum atomic E-state index is -0.327. The Labute approximate surface area is 259 Å². The van der Waals surface area contributed by atoms with Crippen molar-refractivity contribution in [3.63, 3.8) is 0 Å². The maximum absolute atomic E-state index is 15.4. The fourth-order valence-electron chi connectivity index (χ4n) is 6.53. The SMILES string of the molecule is C=C(C)C(=O)OCCCc1cc(-c2ccc(-c3ccc(C4CCC(CCCCC)CC4)cc3F)cc2)ccc1CCCC. The molecule has 0 atom stereocenters. The number of aryl methyl sites for hydroxylation is 2. The molecule has 0 spiro atoms. The van der Waals surface area contributed by atoms with Crippen LogP contribution in [-0.4, -0.2) is 12.6 Å². The first-order valence-corrected chi connectivity index (χ1v) is 16.7. The summed E-state index contributed by atoms with van der Waals surface area (Å²) in [5.41, 5.74) is 8.11. The third-order valence-electron chi connectivity index (χ3n) is 9.23. The summed E-state index contributed by atoms with van der Waals surface area (Å²) in [7, 11) is 0. The number of rotatable bonds is 15. The van der Waals surface area contributed by atoms with Gasteiger partial charge >= 0.3 is 5.97 Å². The Balaban J connectivity index is 1.41. The van der Waals surface area contributed by atoms with Crippen molar-refractivity contribution in [3.05, 3.63) is 95.3 Å². The van der Waals surface area contributed by atoms with Gasteiger partial charge in [0.15, 0.2) is 0 Å². The highest BCUT2D eigenvalue weighted by Gasteiger charge is 2.23. The lowest BCUT2D eigenvalue weighted by Gasteiger charge is -2.29. The topological polar surface area (TPSA) is 26.3 Å². The van der Waals surface area contributed by atoms with Crippen molar-refractivity contribution in [3.8, 4) is 22.3 Å². The fraction of sp³-hybridized carbons (Fsp3) is 0.475. The van der Waals surface area contributed by atoms with Crippen LogP contribution >= 0.6 is 0 Å². The number of halogens is 1. The zero-order chi connectivity index (χ0) is 30.6. The predicted octanol–water partition coefficient (Wildman–Crippen LogP) is 11.4. The third kappa shape index (κ3) is 9.39. The van der Waals surface area contributed by atoms with Crippen LogP contribution in [0.1, 0.15) is 114 Å². The molecule has 1 fully saturated rings. The maximum atomic E-state index is 15.4. The first-order valence-electron chi connectivity index (χ1n) is 16.7. The second-order valence-corrected chi connectivity index (χ2v) is 12.6. The quantitative estimate of drug-likeness (QED) is 0.101. The van der Waals surface area contributed by atoms with Gasteiger partial charge in [-0.1, -0.05) is 107 Å². The van der Waals surface area contributed by atoms with Crippen LogP contribution in [0.2, 0.25) is 0 Å². The largest absolute Gasteiger partial charge is 0.462 e. The van der Waals surface area contributed by atoms with E-state index in [0.717, 1.165) is 60.3 Å². The van der Waals surface area contributed by atoms with E-state index in [-0.39, 0.29) is 11.8 Å². The van der Waals surface area contributed by atoms with Gasteiger partial charge in [0.2, 0.25) is 0 Å². The summed E-state index contributed by atoms with van der Waals surface area (Å²) in [6, 6.07) is 20.9. The van der Waals surface area contributed by atoms with Crippen molar-refractivity contribution in [1.82, 2.24) is 0 Å². The number of hydrogen-bond donors (Lipinski definition) is 0. The van der Waals surface area contributed by atoms with Gasteiger partial charge in [0.1, 0.15) is 5.82 Å². The molecule has 0 N–H and O–H groups in total. The van der Waals surface area contributed by atoms with Gasteiger partial charge in [0.05, 0.1) is 6.61 Å². The van der Waals surface area contributed by atoms with Gasteiger partial charge in [-0.05, 0) is 110 Å². The van der Waals surface area contributed by atoms with E-state index < -0.39 is 0 Å². The smallest absolute Gasteiger partial charge is 0.333 e. The highest BCUT2D eigenvalue weighted by atomic mass is 19.1. The van der Waals surface area contributed by atoms with Gasteiger partial charge in [-0.2, -0.15) is 0 Å². The van der Waals surface area contributed by atoms with Crippen molar-refractivity contribution in [1.29, 1.82) is 0 Å². The molecule has 0 amide bonds.